The van der Waals surface area contributed by atoms with Gasteiger partial charge in [-0.25, -0.2) is 0 Å². The summed E-state index contributed by atoms with van der Waals surface area (Å²) in [7, 11) is 2.20. The first kappa shape index (κ1) is 12.6. The Kier molecular flexibility index (Phi) is 4.54. The third kappa shape index (κ3) is 3.53. The Morgan fingerprint density at radius 3 is 2.35 bits per heavy atom. The molecule has 2 N–H and O–H groups in total. The van der Waals surface area contributed by atoms with E-state index >= 15 is 0 Å². The molecule has 0 aromatic heterocycles. The van der Waals surface area contributed by atoms with Gasteiger partial charge in [-0.2, -0.15) is 0 Å². The molecule has 0 saturated carbocycles. The highest BCUT2D eigenvalue weighted by molar-refractivity contribution is 5.21. The highest BCUT2D eigenvalue weighted by Gasteiger charge is 2.17. The maximum Gasteiger partial charge on any atom is 0.0681 e. The number of benzene rings is 1. The molecule has 94 valence electrons. The summed E-state index contributed by atoms with van der Waals surface area (Å²) in [5, 5.41) is 12.4. The molecule has 1 aliphatic heterocycles. The summed E-state index contributed by atoms with van der Waals surface area (Å²) in [6.45, 7) is 3.40. The van der Waals surface area contributed by atoms with Crippen LogP contribution in [0.1, 0.15) is 24.0 Å². The summed E-state index contributed by atoms with van der Waals surface area (Å²) in [5.74, 6) is 0. The number of piperidine rings is 1. The third-order valence-corrected chi connectivity index (χ3v) is 3.57. The fourth-order valence-corrected chi connectivity index (χ4v) is 2.41. The Morgan fingerprint density at radius 2 is 1.76 bits per heavy atom. The fraction of sp³-hybridized carbons (Fsp3) is 0.571. The van der Waals surface area contributed by atoms with E-state index in [4.69, 9.17) is 5.11 Å². The van der Waals surface area contributed by atoms with E-state index in [1.54, 1.807) is 0 Å². The second-order valence-electron chi connectivity index (χ2n) is 4.87. The summed E-state index contributed by atoms with van der Waals surface area (Å²) in [6.07, 6.45) is 2.48. The highest BCUT2D eigenvalue weighted by atomic mass is 16.3. The lowest BCUT2D eigenvalue weighted by atomic mass is 10.0. The van der Waals surface area contributed by atoms with Gasteiger partial charge in [-0.3, -0.25) is 4.90 Å². The predicted octanol–water partition coefficient (Wildman–Crippen LogP) is 1.36. The molecule has 0 aliphatic carbocycles. The van der Waals surface area contributed by atoms with E-state index in [0.29, 0.717) is 6.04 Å². The van der Waals surface area contributed by atoms with Crippen LogP contribution in [0.2, 0.25) is 0 Å². The van der Waals surface area contributed by atoms with Crippen LogP contribution in [0, 0.1) is 0 Å². The van der Waals surface area contributed by atoms with Crippen molar-refractivity contribution < 1.29 is 5.11 Å². The van der Waals surface area contributed by atoms with Gasteiger partial charge in [0.1, 0.15) is 0 Å². The molecule has 1 aliphatic rings. The van der Waals surface area contributed by atoms with Crippen molar-refractivity contribution in [2.24, 2.45) is 0 Å². The van der Waals surface area contributed by atoms with E-state index in [9.17, 15) is 0 Å². The number of nitrogens with zero attached hydrogens (tertiary/aromatic N) is 1. The summed E-state index contributed by atoms with van der Waals surface area (Å²) < 4.78 is 0. The Balaban J connectivity index is 1.89. The van der Waals surface area contributed by atoms with Crippen LogP contribution in [0.3, 0.4) is 0 Å². The predicted molar refractivity (Wildman–Crippen MR) is 69.7 cm³/mol. The molecular formula is C14H22N2O. The average molecular weight is 234 g/mol. The quantitative estimate of drug-likeness (QED) is 0.826. The van der Waals surface area contributed by atoms with Crippen LogP contribution >= 0.6 is 0 Å². The first-order chi connectivity index (χ1) is 8.29. The normalized spacial score (nSPS) is 17.6. The Hall–Kier alpha value is -0.900. The Morgan fingerprint density at radius 1 is 1.18 bits per heavy atom. The maximum absolute atomic E-state index is 9.00. The summed E-state index contributed by atoms with van der Waals surface area (Å²) in [6, 6.07) is 8.94. The number of hydrogen-bond donors (Lipinski definition) is 2. The molecule has 2 rings (SSSR count). The zero-order chi connectivity index (χ0) is 12.1. The molecule has 1 heterocycles. The number of aliphatic hydroxyl groups is 1. The summed E-state index contributed by atoms with van der Waals surface area (Å²) in [5.41, 5.74) is 2.31. The molecule has 0 spiro atoms. The van der Waals surface area contributed by atoms with Crippen molar-refractivity contribution in [3.8, 4) is 0 Å². The van der Waals surface area contributed by atoms with E-state index in [0.717, 1.165) is 25.2 Å². The van der Waals surface area contributed by atoms with E-state index in [1.807, 2.05) is 12.1 Å². The molecular weight excluding hydrogens is 212 g/mol. The molecule has 1 fully saturated rings. The highest BCUT2D eigenvalue weighted by Crippen LogP contribution is 2.14. The zero-order valence-electron chi connectivity index (χ0n) is 10.5. The minimum absolute atomic E-state index is 0.129. The van der Waals surface area contributed by atoms with Gasteiger partial charge < -0.3 is 10.4 Å². The largest absolute Gasteiger partial charge is 0.392 e. The third-order valence-electron chi connectivity index (χ3n) is 3.57. The van der Waals surface area contributed by atoms with Crippen molar-refractivity contribution in [2.75, 3.05) is 20.1 Å². The molecule has 3 nitrogen and oxygen atoms in total. The van der Waals surface area contributed by atoms with Crippen LogP contribution in [0.25, 0.3) is 0 Å². The van der Waals surface area contributed by atoms with Crippen molar-refractivity contribution in [3.05, 3.63) is 35.4 Å². The second-order valence-corrected chi connectivity index (χ2v) is 4.87. The van der Waals surface area contributed by atoms with Gasteiger partial charge in [-0.05, 0) is 44.1 Å². The van der Waals surface area contributed by atoms with E-state index in [1.165, 1.54) is 18.4 Å². The lowest BCUT2D eigenvalue weighted by Crippen LogP contribution is -2.40. The van der Waals surface area contributed by atoms with Crippen molar-refractivity contribution in [1.82, 2.24) is 10.2 Å². The second kappa shape index (κ2) is 6.15. The van der Waals surface area contributed by atoms with Crippen molar-refractivity contribution >= 4 is 0 Å². The van der Waals surface area contributed by atoms with Crippen LogP contribution in [0.4, 0.5) is 0 Å². The first-order valence-electron chi connectivity index (χ1n) is 6.39. The monoisotopic (exact) mass is 234 g/mol. The van der Waals surface area contributed by atoms with E-state index in [-0.39, 0.29) is 6.61 Å². The van der Waals surface area contributed by atoms with Crippen LogP contribution in [-0.2, 0) is 13.2 Å². The van der Waals surface area contributed by atoms with Crippen molar-refractivity contribution in [3.63, 3.8) is 0 Å². The van der Waals surface area contributed by atoms with Gasteiger partial charge in [0.05, 0.1) is 6.61 Å². The maximum atomic E-state index is 9.00. The Labute approximate surface area is 103 Å². The van der Waals surface area contributed by atoms with Gasteiger partial charge in [-0.15, -0.1) is 0 Å². The molecule has 1 aromatic carbocycles. The smallest absolute Gasteiger partial charge is 0.0681 e. The molecule has 0 amide bonds. The van der Waals surface area contributed by atoms with Gasteiger partial charge in [0, 0.05) is 12.6 Å². The molecule has 0 radical (unpaired) electrons. The average Bonchev–Trinajstić information content (AvgIpc) is 2.40. The van der Waals surface area contributed by atoms with Gasteiger partial charge in [-0.1, -0.05) is 24.3 Å². The number of nitrogens with one attached hydrogen (secondary N) is 1. The minimum Gasteiger partial charge on any atom is -0.392 e. The van der Waals surface area contributed by atoms with Crippen molar-refractivity contribution in [2.45, 2.75) is 32.0 Å². The number of aliphatic hydroxyl groups excluding tert-OH is 1. The summed E-state index contributed by atoms with van der Waals surface area (Å²) in [4.78, 5) is 2.44. The Bertz CT molecular complexity index is 331. The minimum atomic E-state index is 0.129. The molecule has 0 atom stereocenters. The topological polar surface area (TPSA) is 35.5 Å². The fourth-order valence-electron chi connectivity index (χ4n) is 2.41. The van der Waals surface area contributed by atoms with Crippen LogP contribution in [0.15, 0.2) is 24.3 Å². The van der Waals surface area contributed by atoms with Gasteiger partial charge in [0.15, 0.2) is 0 Å². The van der Waals surface area contributed by atoms with Crippen LogP contribution in [0.5, 0.6) is 0 Å². The van der Waals surface area contributed by atoms with Gasteiger partial charge >= 0.3 is 0 Å². The SMILES string of the molecule is CN(Cc1ccc(CO)cc1)C1CCNCC1. The lowest BCUT2D eigenvalue weighted by Gasteiger charge is -2.31. The van der Waals surface area contributed by atoms with Gasteiger partial charge in [0.2, 0.25) is 0 Å². The standard InChI is InChI=1S/C14H22N2O/c1-16(14-6-8-15-9-7-14)10-12-2-4-13(11-17)5-3-12/h2-5,14-15,17H,6-11H2,1H3. The summed E-state index contributed by atoms with van der Waals surface area (Å²) >= 11 is 0. The van der Waals surface area contributed by atoms with Crippen LogP contribution in [-0.4, -0.2) is 36.2 Å². The lowest BCUT2D eigenvalue weighted by molar-refractivity contribution is 0.192. The van der Waals surface area contributed by atoms with Crippen molar-refractivity contribution in [1.29, 1.82) is 0 Å². The molecule has 1 saturated heterocycles. The zero-order valence-corrected chi connectivity index (χ0v) is 10.5. The molecule has 1 aromatic rings. The molecule has 17 heavy (non-hydrogen) atoms. The number of hydrogen-bond acceptors (Lipinski definition) is 3. The van der Waals surface area contributed by atoms with E-state index in [2.05, 4.69) is 29.4 Å². The number of rotatable bonds is 4. The molecule has 0 bridgehead atoms. The molecule has 0 unspecified atom stereocenters. The van der Waals surface area contributed by atoms with E-state index < -0.39 is 0 Å². The van der Waals surface area contributed by atoms with Crippen LogP contribution < -0.4 is 5.32 Å². The first-order valence-corrected chi connectivity index (χ1v) is 6.39. The van der Waals surface area contributed by atoms with Gasteiger partial charge in [0.25, 0.3) is 0 Å². The molecule has 3 heteroatoms.